The zero-order valence-electron chi connectivity index (χ0n) is 9.23. The van der Waals surface area contributed by atoms with Gasteiger partial charge in [-0.15, -0.1) is 0 Å². The van der Waals surface area contributed by atoms with Crippen LogP contribution in [0.5, 0.6) is 0 Å². The summed E-state index contributed by atoms with van der Waals surface area (Å²) < 4.78 is 26.2. The first-order chi connectivity index (χ1) is 8.91. The second-order valence-corrected chi connectivity index (χ2v) is 5.38. The average Bonchev–Trinajstić information content (AvgIpc) is 2.36. The van der Waals surface area contributed by atoms with Gasteiger partial charge in [0.1, 0.15) is 0 Å². The summed E-state index contributed by atoms with van der Waals surface area (Å²) in [5.41, 5.74) is 0.262. The molecule has 0 atom stereocenters. The lowest BCUT2D eigenvalue weighted by molar-refractivity contribution is 0.152. The van der Waals surface area contributed by atoms with Gasteiger partial charge in [0.15, 0.2) is 0 Å². The Bertz CT molecular complexity index is 626. The van der Waals surface area contributed by atoms with E-state index < -0.39 is 6.43 Å². The van der Waals surface area contributed by atoms with Crippen LogP contribution in [0.1, 0.15) is 12.0 Å². The van der Waals surface area contributed by atoms with E-state index in [0.29, 0.717) is 0 Å². The van der Waals surface area contributed by atoms with Gasteiger partial charge in [-0.2, -0.15) is 0 Å². The highest BCUT2D eigenvalue weighted by molar-refractivity contribution is 6.46. The third-order valence-corrected chi connectivity index (χ3v) is 3.92. The molecule has 0 amide bonds. The molecule has 0 spiro atoms. The van der Waals surface area contributed by atoms with Crippen molar-refractivity contribution in [2.24, 2.45) is 0 Å². The molecule has 0 aromatic heterocycles. The van der Waals surface area contributed by atoms with Crippen LogP contribution in [-0.2, 0) is 0 Å². The molecule has 0 N–H and O–H groups in total. The highest BCUT2D eigenvalue weighted by Gasteiger charge is 2.20. The fraction of sp³-hybridized carbons (Fsp3) is 0.0769. The topological polar surface area (TPSA) is 0 Å². The predicted molar refractivity (Wildman–Crippen MR) is 76.9 cm³/mol. The van der Waals surface area contributed by atoms with E-state index in [1.54, 1.807) is 0 Å². The molecule has 0 aliphatic rings. The second kappa shape index (κ2) is 5.84. The van der Waals surface area contributed by atoms with E-state index in [4.69, 9.17) is 46.4 Å². The van der Waals surface area contributed by atoms with Gasteiger partial charge in [0, 0.05) is 16.1 Å². The van der Waals surface area contributed by atoms with Crippen molar-refractivity contribution < 1.29 is 8.78 Å². The largest absolute Gasteiger partial charge is 0.264 e. The molecule has 0 nitrogen and oxygen atoms in total. The molecule has 2 rings (SSSR count). The van der Waals surface area contributed by atoms with Gasteiger partial charge in [0.25, 0.3) is 6.43 Å². The van der Waals surface area contributed by atoms with Gasteiger partial charge in [-0.3, -0.25) is 0 Å². The SMILES string of the molecule is FC(F)c1cc(Cl)ccc1-c1c(Cl)ccc(Cl)c1Cl. The van der Waals surface area contributed by atoms with Crippen LogP contribution in [-0.4, -0.2) is 0 Å². The molecule has 0 bridgehead atoms. The molecule has 0 radical (unpaired) electrons. The van der Waals surface area contributed by atoms with Gasteiger partial charge < -0.3 is 0 Å². The zero-order valence-corrected chi connectivity index (χ0v) is 12.3. The number of hydrogen-bond acceptors (Lipinski definition) is 0. The van der Waals surface area contributed by atoms with Crippen molar-refractivity contribution in [3.8, 4) is 11.1 Å². The van der Waals surface area contributed by atoms with Crippen molar-refractivity contribution in [3.05, 3.63) is 56.0 Å². The van der Waals surface area contributed by atoms with E-state index in [1.165, 1.54) is 30.3 Å². The molecule has 0 saturated carbocycles. The van der Waals surface area contributed by atoms with Crippen LogP contribution in [0.25, 0.3) is 11.1 Å². The molecular weight excluding hydrogens is 336 g/mol. The maximum atomic E-state index is 13.1. The normalized spacial score (nSPS) is 11.1. The highest BCUT2D eigenvalue weighted by Crippen LogP contribution is 2.43. The van der Waals surface area contributed by atoms with Crippen LogP contribution < -0.4 is 0 Å². The molecule has 19 heavy (non-hydrogen) atoms. The first-order valence-corrected chi connectivity index (χ1v) is 6.64. The number of benzene rings is 2. The third kappa shape index (κ3) is 2.97. The fourth-order valence-corrected chi connectivity index (χ4v) is 2.63. The van der Waals surface area contributed by atoms with Crippen molar-refractivity contribution in [2.75, 3.05) is 0 Å². The Balaban J connectivity index is 2.76. The summed E-state index contributed by atoms with van der Waals surface area (Å²) >= 11 is 23.7. The number of rotatable bonds is 2. The monoisotopic (exact) mass is 340 g/mol. The quantitative estimate of drug-likeness (QED) is 0.521. The summed E-state index contributed by atoms with van der Waals surface area (Å²) in [5.74, 6) is 0. The van der Waals surface area contributed by atoms with Crippen molar-refractivity contribution in [1.29, 1.82) is 0 Å². The van der Waals surface area contributed by atoms with Crippen molar-refractivity contribution in [2.45, 2.75) is 6.43 Å². The van der Waals surface area contributed by atoms with Gasteiger partial charge >= 0.3 is 0 Å². The Morgan fingerprint density at radius 3 is 2.11 bits per heavy atom. The Labute approximate surface area is 128 Å². The Morgan fingerprint density at radius 2 is 1.47 bits per heavy atom. The van der Waals surface area contributed by atoms with Gasteiger partial charge in [0.2, 0.25) is 0 Å². The zero-order chi connectivity index (χ0) is 14.2. The lowest BCUT2D eigenvalue weighted by Gasteiger charge is -2.13. The molecule has 2 aromatic carbocycles. The fourth-order valence-electron chi connectivity index (χ4n) is 1.72. The van der Waals surface area contributed by atoms with Crippen LogP contribution in [0.2, 0.25) is 20.1 Å². The van der Waals surface area contributed by atoms with Crippen LogP contribution >= 0.6 is 46.4 Å². The standard InChI is InChI=1S/C13H6Cl4F2/c14-6-1-2-7(8(5-6)13(18)19)11-9(15)3-4-10(16)12(11)17/h1-5,13H. The predicted octanol–water partition coefficient (Wildman–Crippen LogP) is 6.90. The van der Waals surface area contributed by atoms with E-state index in [1.807, 2.05) is 0 Å². The molecule has 2 aromatic rings. The molecule has 0 aliphatic carbocycles. The summed E-state index contributed by atoms with van der Waals surface area (Å²) in [6.45, 7) is 0. The Morgan fingerprint density at radius 1 is 0.842 bits per heavy atom. The van der Waals surface area contributed by atoms with E-state index >= 15 is 0 Å². The van der Waals surface area contributed by atoms with E-state index in [-0.39, 0.29) is 36.8 Å². The molecule has 0 saturated heterocycles. The maximum absolute atomic E-state index is 13.1. The molecule has 0 fully saturated rings. The molecular formula is C13H6Cl4F2. The van der Waals surface area contributed by atoms with Gasteiger partial charge in [-0.1, -0.05) is 52.5 Å². The van der Waals surface area contributed by atoms with Crippen LogP contribution in [0, 0.1) is 0 Å². The van der Waals surface area contributed by atoms with Gasteiger partial charge in [-0.25, -0.2) is 8.78 Å². The Hall–Kier alpha value is -0.540. The van der Waals surface area contributed by atoms with E-state index in [2.05, 4.69) is 0 Å². The summed E-state index contributed by atoms with van der Waals surface area (Å²) in [7, 11) is 0. The summed E-state index contributed by atoms with van der Waals surface area (Å²) in [4.78, 5) is 0. The minimum atomic E-state index is -2.69. The molecule has 0 heterocycles. The summed E-state index contributed by atoms with van der Waals surface area (Å²) in [6.07, 6.45) is -2.69. The summed E-state index contributed by atoms with van der Waals surface area (Å²) in [5, 5.41) is 0.849. The maximum Gasteiger partial charge on any atom is 0.264 e. The number of alkyl halides is 2. The molecule has 0 aliphatic heterocycles. The van der Waals surface area contributed by atoms with Crippen LogP contribution in [0.4, 0.5) is 8.78 Å². The second-order valence-electron chi connectivity index (χ2n) is 3.75. The number of hydrogen-bond donors (Lipinski definition) is 0. The minimum Gasteiger partial charge on any atom is -0.205 e. The van der Waals surface area contributed by atoms with Crippen molar-refractivity contribution >= 4 is 46.4 Å². The lowest BCUT2D eigenvalue weighted by Crippen LogP contribution is -1.92. The first kappa shape index (κ1) is 14.9. The Kier molecular flexibility index (Phi) is 4.57. The lowest BCUT2D eigenvalue weighted by atomic mass is 9.99. The molecule has 100 valence electrons. The molecule has 0 unspecified atom stereocenters. The van der Waals surface area contributed by atoms with Crippen LogP contribution in [0.3, 0.4) is 0 Å². The molecule has 6 heteroatoms. The number of halogens is 6. The third-order valence-electron chi connectivity index (χ3n) is 2.56. The van der Waals surface area contributed by atoms with E-state index in [9.17, 15) is 8.78 Å². The smallest absolute Gasteiger partial charge is 0.205 e. The highest BCUT2D eigenvalue weighted by atomic mass is 35.5. The minimum absolute atomic E-state index is 0.137. The van der Waals surface area contributed by atoms with Crippen LogP contribution in [0.15, 0.2) is 30.3 Å². The van der Waals surface area contributed by atoms with Crippen molar-refractivity contribution in [3.63, 3.8) is 0 Å². The van der Waals surface area contributed by atoms with E-state index in [0.717, 1.165) is 0 Å². The average molecular weight is 342 g/mol. The summed E-state index contributed by atoms with van der Waals surface area (Å²) in [6, 6.07) is 7.15. The van der Waals surface area contributed by atoms with Crippen molar-refractivity contribution in [1.82, 2.24) is 0 Å². The van der Waals surface area contributed by atoms with Gasteiger partial charge in [-0.05, 0) is 29.8 Å². The van der Waals surface area contributed by atoms with Gasteiger partial charge in [0.05, 0.1) is 15.1 Å². The first-order valence-electron chi connectivity index (χ1n) is 5.13.